The van der Waals surface area contributed by atoms with Crippen molar-refractivity contribution in [1.29, 1.82) is 0 Å². The molecule has 0 N–H and O–H groups in total. The number of rotatable bonds is 5. The van der Waals surface area contributed by atoms with E-state index in [2.05, 4.69) is 28.9 Å². The van der Waals surface area contributed by atoms with E-state index in [-0.39, 0.29) is 0 Å². The molecule has 2 aliphatic heterocycles. The molecule has 5 nitrogen and oxygen atoms in total. The molecular formula is C18H28N2O3. The highest BCUT2D eigenvalue weighted by molar-refractivity contribution is 5.38. The van der Waals surface area contributed by atoms with Crippen molar-refractivity contribution in [2.24, 2.45) is 5.92 Å². The minimum Gasteiger partial charge on any atom is -0.497 e. The molecule has 2 aliphatic rings. The first-order chi connectivity index (χ1) is 11.2. The molecule has 128 valence electrons. The van der Waals surface area contributed by atoms with E-state index in [4.69, 9.17) is 14.2 Å². The second-order valence-corrected chi connectivity index (χ2v) is 6.61. The minimum absolute atomic E-state index is 0.645. The fourth-order valence-corrected chi connectivity index (χ4v) is 3.78. The molecular weight excluding hydrogens is 292 g/mol. The molecule has 2 saturated heterocycles. The molecule has 2 atom stereocenters. The highest BCUT2D eigenvalue weighted by atomic mass is 16.5. The Kier molecular flexibility index (Phi) is 5.41. The summed E-state index contributed by atoms with van der Waals surface area (Å²) < 4.78 is 16.2. The van der Waals surface area contributed by atoms with Crippen LogP contribution in [0.2, 0.25) is 0 Å². The first-order valence-corrected chi connectivity index (χ1v) is 8.45. The van der Waals surface area contributed by atoms with Crippen LogP contribution in [0.15, 0.2) is 18.2 Å². The maximum atomic E-state index is 5.48. The third kappa shape index (κ3) is 3.97. The van der Waals surface area contributed by atoms with Gasteiger partial charge in [0, 0.05) is 44.8 Å². The second kappa shape index (κ2) is 7.51. The monoisotopic (exact) mass is 320 g/mol. The van der Waals surface area contributed by atoms with Crippen LogP contribution < -0.4 is 9.47 Å². The molecule has 1 aromatic rings. The summed E-state index contributed by atoms with van der Waals surface area (Å²) in [4.78, 5) is 5.14. The molecule has 0 radical (unpaired) electrons. The minimum atomic E-state index is 0.645. The molecule has 0 aliphatic carbocycles. The summed E-state index contributed by atoms with van der Waals surface area (Å²) in [7, 11) is 3.40. The van der Waals surface area contributed by atoms with Gasteiger partial charge in [0.05, 0.1) is 27.4 Å². The van der Waals surface area contributed by atoms with Gasteiger partial charge in [-0.3, -0.25) is 9.80 Å². The quantitative estimate of drug-likeness (QED) is 0.827. The van der Waals surface area contributed by atoms with E-state index < -0.39 is 0 Å². The predicted octanol–water partition coefficient (Wildman–Crippen LogP) is 1.86. The number of methoxy groups -OCH3 is 2. The smallest absolute Gasteiger partial charge is 0.122 e. The van der Waals surface area contributed by atoms with Crippen molar-refractivity contribution in [2.75, 3.05) is 53.6 Å². The zero-order chi connectivity index (χ0) is 16.2. The first kappa shape index (κ1) is 16.6. The molecule has 0 saturated carbocycles. The SMILES string of the molecule is COc1cc(CN2CC(C)C(N3CCOCC3)C2)cc(OC)c1. The highest BCUT2D eigenvalue weighted by Crippen LogP contribution is 2.27. The summed E-state index contributed by atoms with van der Waals surface area (Å²) in [6.45, 7) is 9.45. The van der Waals surface area contributed by atoms with Gasteiger partial charge in [-0.05, 0) is 23.6 Å². The van der Waals surface area contributed by atoms with Gasteiger partial charge in [0.15, 0.2) is 0 Å². The van der Waals surface area contributed by atoms with Gasteiger partial charge in [0.1, 0.15) is 11.5 Å². The molecule has 0 bridgehead atoms. The van der Waals surface area contributed by atoms with Gasteiger partial charge in [-0.2, -0.15) is 0 Å². The van der Waals surface area contributed by atoms with Crippen molar-refractivity contribution >= 4 is 0 Å². The summed E-state index contributed by atoms with van der Waals surface area (Å²) in [5.74, 6) is 2.41. The van der Waals surface area contributed by atoms with E-state index in [1.165, 1.54) is 5.56 Å². The first-order valence-electron chi connectivity index (χ1n) is 8.45. The highest BCUT2D eigenvalue weighted by Gasteiger charge is 2.34. The fourth-order valence-electron chi connectivity index (χ4n) is 3.78. The lowest BCUT2D eigenvalue weighted by molar-refractivity contribution is 0.0118. The van der Waals surface area contributed by atoms with Crippen molar-refractivity contribution in [1.82, 2.24) is 9.80 Å². The molecule has 23 heavy (non-hydrogen) atoms. The van der Waals surface area contributed by atoms with Gasteiger partial charge in [0.2, 0.25) is 0 Å². The second-order valence-electron chi connectivity index (χ2n) is 6.61. The number of morpholine rings is 1. The number of hydrogen-bond acceptors (Lipinski definition) is 5. The Morgan fingerprint density at radius 2 is 1.70 bits per heavy atom. The maximum absolute atomic E-state index is 5.48. The van der Waals surface area contributed by atoms with Crippen molar-refractivity contribution < 1.29 is 14.2 Å². The number of likely N-dealkylation sites (tertiary alicyclic amines) is 1. The molecule has 0 aromatic heterocycles. The standard InChI is InChI=1S/C18H28N2O3/c1-14-11-19(13-18(14)20-4-6-23-7-5-20)12-15-8-16(21-2)10-17(9-15)22-3/h8-10,14,18H,4-7,11-13H2,1-3H3. The van der Waals surface area contributed by atoms with E-state index in [0.29, 0.717) is 12.0 Å². The third-order valence-electron chi connectivity index (χ3n) is 4.98. The van der Waals surface area contributed by atoms with Crippen LogP contribution in [0.4, 0.5) is 0 Å². The van der Waals surface area contributed by atoms with Gasteiger partial charge >= 0.3 is 0 Å². The summed E-state index contributed by atoms with van der Waals surface area (Å²) >= 11 is 0. The Balaban J connectivity index is 1.64. The average molecular weight is 320 g/mol. The molecule has 2 unspecified atom stereocenters. The van der Waals surface area contributed by atoms with Crippen molar-refractivity contribution in [3.05, 3.63) is 23.8 Å². The Morgan fingerprint density at radius 1 is 1.04 bits per heavy atom. The molecule has 0 amide bonds. The Hall–Kier alpha value is -1.30. The molecule has 0 spiro atoms. The Morgan fingerprint density at radius 3 is 2.30 bits per heavy atom. The van der Waals surface area contributed by atoms with Crippen LogP contribution in [-0.4, -0.2) is 69.5 Å². The van der Waals surface area contributed by atoms with Crippen molar-refractivity contribution in [3.63, 3.8) is 0 Å². The lowest BCUT2D eigenvalue weighted by Gasteiger charge is -2.34. The van der Waals surface area contributed by atoms with Gasteiger partial charge < -0.3 is 14.2 Å². The van der Waals surface area contributed by atoms with Gasteiger partial charge in [-0.25, -0.2) is 0 Å². The third-order valence-corrected chi connectivity index (χ3v) is 4.98. The van der Waals surface area contributed by atoms with Crippen LogP contribution in [0, 0.1) is 5.92 Å². The normalized spacial score (nSPS) is 26.4. The maximum Gasteiger partial charge on any atom is 0.122 e. The molecule has 5 heteroatoms. The van der Waals surface area contributed by atoms with Crippen LogP contribution in [0.5, 0.6) is 11.5 Å². The van der Waals surface area contributed by atoms with Gasteiger partial charge in [0.25, 0.3) is 0 Å². The van der Waals surface area contributed by atoms with Gasteiger partial charge in [-0.1, -0.05) is 6.92 Å². The molecule has 2 heterocycles. The largest absolute Gasteiger partial charge is 0.497 e. The molecule has 2 fully saturated rings. The number of benzene rings is 1. The van der Waals surface area contributed by atoms with E-state index in [1.807, 2.05) is 6.07 Å². The van der Waals surface area contributed by atoms with Crippen molar-refractivity contribution in [2.45, 2.75) is 19.5 Å². The molecule has 1 aromatic carbocycles. The number of hydrogen-bond donors (Lipinski definition) is 0. The zero-order valence-corrected chi connectivity index (χ0v) is 14.5. The summed E-state index contributed by atoms with van der Waals surface area (Å²) in [5, 5.41) is 0. The fraction of sp³-hybridized carbons (Fsp3) is 0.667. The number of nitrogens with zero attached hydrogens (tertiary/aromatic N) is 2. The van der Waals surface area contributed by atoms with E-state index in [1.54, 1.807) is 14.2 Å². The summed E-state index contributed by atoms with van der Waals surface area (Å²) in [5.41, 5.74) is 1.25. The summed E-state index contributed by atoms with van der Waals surface area (Å²) in [6.07, 6.45) is 0. The Labute approximate surface area is 139 Å². The number of ether oxygens (including phenoxy) is 3. The predicted molar refractivity (Wildman–Crippen MR) is 90.2 cm³/mol. The summed E-state index contributed by atoms with van der Waals surface area (Å²) in [6, 6.07) is 6.78. The van der Waals surface area contributed by atoms with Crippen LogP contribution in [0.3, 0.4) is 0 Å². The van der Waals surface area contributed by atoms with E-state index >= 15 is 0 Å². The van der Waals surface area contributed by atoms with Crippen LogP contribution in [0.1, 0.15) is 12.5 Å². The lowest BCUT2D eigenvalue weighted by Crippen LogP contribution is -2.46. The molecule has 3 rings (SSSR count). The van der Waals surface area contributed by atoms with Crippen LogP contribution in [-0.2, 0) is 11.3 Å². The average Bonchev–Trinajstić information content (AvgIpc) is 2.95. The lowest BCUT2D eigenvalue weighted by atomic mass is 10.0. The zero-order valence-electron chi connectivity index (χ0n) is 14.5. The topological polar surface area (TPSA) is 34.2 Å². The van der Waals surface area contributed by atoms with Crippen LogP contribution >= 0.6 is 0 Å². The van der Waals surface area contributed by atoms with Crippen molar-refractivity contribution in [3.8, 4) is 11.5 Å². The van der Waals surface area contributed by atoms with E-state index in [0.717, 1.165) is 57.4 Å². The Bertz CT molecular complexity index is 495. The van der Waals surface area contributed by atoms with Crippen LogP contribution in [0.25, 0.3) is 0 Å². The van der Waals surface area contributed by atoms with Gasteiger partial charge in [-0.15, -0.1) is 0 Å². The van der Waals surface area contributed by atoms with E-state index in [9.17, 15) is 0 Å².